The Bertz CT molecular complexity index is 394. The van der Waals surface area contributed by atoms with Crippen molar-refractivity contribution in [2.75, 3.05) is 26.2 Å². The molecule has 1 aliphatic rings. The Morgan fingerprint density at radius 3 is 2.44 bits per heavy atom. The highest BCUT2D eigenvalue weighted by molar-refractivity contribution is 6.36. The van der Waals surface area contributed by atoms with E-state index >= 15 is 0 Å². The summed E-state index contributed by atoms with van der Waals surface area (Å²) in [4.78, 5) is 2.42. The van der Waals surface area contributed by atoms with Crippen molar-refractivity contribution in [1.29, 1.82) is 0 Å². The monoisotopic (exact) mass is 284 g/mol. The number of nitrogens with one attached hydrogen (secondary N) is 1. The van der Waals surface area contributed by atoms with Crippen molar-refractivity contribution in [3.8, 4) is 0 Å². The topological polar surface area (TPSA) is 15.3 Å². The minimum atomic E-state index is 0.228. The van der Waals surface area contributed by atoms with Gasteiger partial charge in [0, 0.05) is 47.8 Å². The lowest BCUT2D eigenvalue weighted by Crippen LogP contribution is -2.45. The molecular formula is C14H18Cl2N2. The Hall–Kier alpha value is -0.540. The maximum Gasteiger partial charge on any atom is 0.0468 e. The van der Waals surface area contributed by atoms with E-state index in [1.807, 2.05) is 24.3 Å². The smallest absolute Gasteiger partial charge is 0.0468 e. The van der Waals surface area contributed by atoms with Gasteiger partial charge in [-0.25, -0.2) is 0 Å². The molecule has 0 bridgehead atoms. The first kappa shape index (κ1) is 13.9. The molecule has 4 heteroatoms. The van der Waals surface area contributed by atoms with E-state index in [2.05, 4.69) is 16.8 Å². The summed E-state index contributed by atoms with van der Waals surface area (Å²) < 4.78 is 0. The van der Waals surface area contributed by atoms with Gasteiger partial charge in [0.1, 0.15) is 0 Å². The highest BCUT2D eigenvalue weighted by Gasteiger charge is 2.24. The normalized spacial score (nSPS) is 18.6. The minimum absolute atomic E-state index is 0.228. The zero-order chi connectivity index (χ0) is 13.0. The number of halogens is 2. The Morgan fingerprint density at radius 2 is 1.89 bits per heavy atom. The maximum absolute atomic E-state index is 6.32. The maximum atomic E-state index is 6.32. The van der Waals surface area contributed by atoms with E-state index in [-0.39, 0.29) is 6.04 Å². The van der Waals surface area contributed by atoms with E-state index in [1.54, 1.807) is 0 Å². The molecule has 98 valence electrons. The summed E-state index contributed by atoms with van der Waals surface area (Å²) in [7, 11) is 0. The second kappa shape index (κ2) is 6.58. The third-order valence-electron chi connectivity index (χ3n) is 3.32. The molecule has 2 nitrogen and oxygen atoms in total. The predicted molar refractivity (Wildman–Crippen MR) is 78.5 cm³/mol. The van der Waals surface area contributed by atoms with E-state index < -0.39 is 0 Å². The van der Waals surface area contributed by atoms with Crippen LogP contribution in [-0.2, 0) is 0 Å². The van der Waals surface area contributed by atoms with Crippen LogP contribution in [0.2, 0.25) is 10.0 Å². The van der Waals surface area contributed by atoms with Crippen molar-refractivity contribution in [3.63, 3.8) is 0 Å². The van der Waals surface area contributed by atoms with Gasteiger partial charge in [-0.2, -0.15) is 0 Å². The molecule has 0 unspecified atom stereocenters. The minimum Gasteiger partial charge on any atom is -0.314 e. The van der Waals surface area contributed by atoms with Crippen molar-refractivity contribution < 1.29 is 0 Å². The lowest BCUT2D eigenvalue weighted by Gasteiger charge is -2.35. The molecule has 0 spiro atoms. The Kier molecular flexibility index (Phi) is 5.07. The zero-order valence-electron chi connectivity index (χ0n) is 10.3. The fraction of sp³-hybridized carbons (Fsp3) is 0.429. The molecule has 18 heavy (non-hydrogen) atoms. The van der Waals surface area contributed by atoms with Gasteiger partial charge in [-0.3, -0.25) is 4.90 Å². The molecule has 0 saturated carbocycles. The molecule has 1 aromatic carbocycles. The van der Waals surface area contributed by atoms with Gasteiger partial charge in [-0.05, 0) is 18.6 Å². The summed E-state index contributed by atoms with van der Waals surface area (Å²) in [5.41, 5.74) is 1.03. The van der Waals surface area contributed by atoms with Crippen molar-refractivity contribution in [2.45, 2.75) is 12.5 Å². The average molecular weight is 285 g/mol. The second-order valence-electron chi connectivity index (χ2n) is 4.46. The van der Waals surface area contributed by atoms with Gasteiger partial charge in [0.2, 0.25) is 0 Å². The third-order valence-corrected chi connectivity index (χ3v) is 3.97. The van der Waals surface area contributed by atoms with Crippen LogP contribution in [0.3, 0.4) is 0 Å². The highest BCUT2D eigenvalue weighted by Crippen LogP contribution is 2.35. The van der Waals surface area contributed by atoms with Crippen LogP contribution >= 0.6 is 23.2 Å². The number of nitrogens with zero attached hydrogens (tertiary/aromatic N) is 1. The molecule has 0 amide bonds. The first-order valence-electron chi connectivity index (χ1n) is 6.23. The predicted octanol–water partition coefficient (Wildman–Crippen LogP) is 3.52. The van der Waals surface area contributed by atoms with Gasteiger partial charge in [0.15, 0.2) is 0 Å². The standard InChI is InChI=1S/C14H18Cl2N2/c1-2-4-13(18-9-7-17-8-10-18)14-11(15)5-3-6-12(14)16/h2-3,5-6,13,17H,1,4,7-10H2/t13-/m0/s1. The SMILES string of the molecule is C=CC[C@@H](c1c(Cl)cccc1Cl)N1CCNCC1. The molecule has 0 radical (unpaired) electrons. The van der Waals surface area contributed by atoms with Gasteiger partial charge in [-0.1, -0.05) is 35.3 Å². The fourth-order valence-electron chi connectivity index (χ4n) is 2.43. The molecule has 1 fully saturated rings. The van der Waals surface area contributed by atoms with E-state index in [1.165, 1.54) is 0 Å². The van der Waals surface area contributed by atoms with Gasteiger partial charge in [-0.15, -0.1) is 6.58 Å². The highest BCUT2D eigenvalue weighted by atomic mass is 35.5. The van der Waals surface area contributed by atoms with Crippen LogP contribution < -0.4 is 5.32 Å². The van der Waals surface area contributed by atoms with Crippen LogP contribution in [0.4, 0.5) is 0 Å². The zero-order valence-corrected chi connectivity index (χ0v) is 11.8. The number of benzene rings is 1. The number of piperazine rings is 1. The fourth-order valence-corrected chi connectivity index (χ4v) is 3.08. The number of hydrogen-bond acceptors (Lipinski definition) is 2. The molecule has 1 aliphatic heterocycles. The van der Waals surface area contributed by atoms with Gasteiger partial charge in [0.05, 0.1) is 0 Å². The van der Waals surface area contributed by atoms with E-state index in [0.29, 0.717) is 0 Å². The molecule has 0 aromatic heterocycles. The van der Waals surface area contributed by atoms with Crippen LogP contribution in [0, 0.1) is 0 Å². The van der Waals surface area contributed by atoms with E-state index in [9.17, 15) is 0 Å². The molecule has 1 aromatic rings. The quantitative estimate of drug-likeness (QED) is 0.852. The van der Waals surface area contributed by atoms with Crippen LogP contribution in [0.15, 0.2) is 30.9 Å². The summed E-state index contributed by atoms with van der Waals surface area (Å²) in [6, 6.07) is 5.92. The van der Waals surface area contributed by atoms with Gasteiger partial charge >= 0.3 is 0 Å². The molecule has 0 aliphatic carbocycles. The van der Waals surface area contributed by atoms with Crippen molar-refractivity contribution in [2.24, 2.45) is 0 Å². The number of hydrogen-bond donors (Lipinski definition) is 1. The van der Waals surface area contributed by atoms with Crippen molar-refractivity contribution in [3.05, 3.63) is 46.5 Å². The lowest BCUT2D eigenvalue weighted by atomic mass is 10.0. The summed E-state index contributed by atoms with van der Waals surface area (Å²) >= 11 is 12.6. The van der Waals surface area contributed by atoms with E-state index in [4.69, 9.17) is 23.2 Å². The van der Waals surface area contributed by atoms with Crippen LogP contribution in [-0.4, -0.2) is 31.1 Å². The Labute approximate surface area is 119 Å². The molecule has 1 N–H and O–H groups in total. The first-order valence-corrected chi connectivity index (χ1v) is 6.99. The van der Waals surface area contributed by atoms with Crippen molar-refractivity contribution >= 4 is 23.2 Å². The van der Waals surface area contributed by atoms with E-state index in [0.717, 1.165) is 48.2 Å². The summed E-state index contributed by atoms with van der Waals surface area (Å²) in [6.45, 7) is 7.90. The van der Waals surface area contributed by atoms with Crippen LogP contribution in [0.1, 0.15) is 18.0 Å². The van der Waals surface area contributed by atoms with Gasteiger partial charge in [0.25, 0.3) is 0 Å². The molecule has 2 rings (SSSR count). The van der Waals surface area contributed by atoms with Gasteiger partial charge < -0.3 is 5.32 Å². The molecular weight excluding hydrogens is 267 g/mol. The summed E-state index contributed by atoms with van der Waals surface area (Å²) in [6.07, 6.45) is 2.80. The average Bonchev–Trinajstić information content (AvgIpc) is 2.38. The van der Waals surface area contributed by atoms with Crippen LogP contribution in [0.5, 0.6) is 0 Å². The van der Waals surface area contributed by atoms with Crippen LogP contribution in [0.25, 0.3) is 0 Å². The largest absolute Gasteiger partial charge is 0.314 e. The number of rotatable bonds is 4. The first-order chi connectivity index (χ1) is 8.74. The second-order valence-corrected chi connectivity index (χ2v) is 5.28. The summed E-state index contributed by atoms with van der Waals surface area (Å²) in [5.74, 6) is 0. The third kappa shape index (κ3) is 3.07. The van der Waals surface area contributed by atoms with Crippen molar-refractivity contribution in [1.82, 2.24) is 10.2 Å². The molecule has 1 atom stereocenters. The Balaban J connectivity index is 2.30. The lowest BCUT2D eigenvalue weighted by molar-refractivity contribution is 0.174. The Morgan fingerprint density at radius 1 is 1.28 bits per heavy atom. The molecule has 1 heterocycles. The molecule has 1 saturated heterocycles. The summed E-state index contributed by atoms with van der Waals surface area (Å²) in [5, 5.41) is 4.85.